The number of hydrogen-bond acceptors (Lipinski definition) is 1. The first-order chi connectivity index (χ1) is 7.87. The van der Waals surface area contributed by atoms with Gasteiger partial charge in [0.1, 0.15) is 0 Å². The molecular weight excluding hydrogens is 230 g/mol. The number of hydrogen-bond donors (Lipinski definition) is 1. The highest BCUT2D eigenvalue weighted by atomic mass is 35.5. The average molecular weight is 254 g/mol. The van der Waals surface area contributed by atoms with Crippen LogP contribution in [0.15, 0.2) is 24.3 Å². The van der Waals surface area contributed by atoms with E-state index in [-0.39, 0.29) is 0 Å². The lowest BCUT2D eigenvalue weighted by molar-refractivity contribution is 0.356. The van der Waals surface area contributed by atoms with E-state index in [1.807, 2.05) is 12.1 Å². The molecule has 1 unspecified atom stereocenters. The van der Waals surface area contributed by atoms with Crippen molar-refractivity contribution < 1.29 is 0 Å². The summed E-state index contributed by atoms with van der Waals surface area (Å²) in [6.45, 7) is 10.1. The Labute approximate surface area is 111 Å². The van der Waals surface area contributed by atoms with E-state index < -0.39 is 0 Å². The number of halogens is 1. The number of rotatable bonds is 5. The molecule has 96 valence electrons. The first-order valence-electron chi connectivity index (χ1n) is 6.35. The van der Waals surface area contributed by atoms with Crippen molar-refractivity contribution in [2.24, 2.45) is 5.41 Å². The van der Waals surface area contributed by atoms with Crippen molar-refractivity contribution in [2.45, 2.75) is 46.6 Å². The lowest BCUT2D eigenvalue weighted by atomic mass is 9.92. The minimum Gasteiger partial charge on any atom is -0.314 e. The van der Waals surface area contributed by atoms with Crippen molar-refractivity contribution >= 4 is 11.6 Å². The molecule has 1 nitrogen and oxygen atoms in total. The topological polar surface area (TPSA) is 12.0 Å². The highest BCUT2D eigenvalue weighted by Gasteiger charge is 2.10. The molecule has 1 rings (SSSR count). The summed E-state index contributed by atoms with van der Waals surface area (Å²) in [7, 11) is 0. The Morgan fingerprint density at radius 3 is 2.29 bits per heavy atom. The summed E-state index contributed by atoms with van der Waals surface area (Å²) < 4.78 is 0. The molecule has 0 fully saturated rings. The van der Waals surface area contributed by atoms with Gasteiger partial charge in [0.25, 0.3) is 0 Å². The zero-order valence-corrected chi connectivity index (χ0v) is 12.1. The molecule has 0 aromatic heterocycles. The third kappa shape index (κ3) is 6.70. The van der Waals surface area contributed by atoms with Crippen LogP contribution in [0.4, 0.5) is 0 Å². The molecule has 1 atom stereocenters. The SMILES string of the molecule is CC(Cc1ccc(Cl)cc1)NCCC(C)(C)C. The molecule has 0 aliphatic heterocycles. The van der Waals surface area contributed by atoms with Crippen LogP contribution in [0.5, 0.6) is 0 Å². The largest absolute Gasteiger partial charge is 0.314 e. The molecule has 1 N–H and O–H groups in total. The van der Waals surface area contributed by atoms with Gasteiger partial charge in [-0.3, -0.25) is 0 Å². The Bertz CT molecular complexity index is 324. The van der Waals surface area contributed by atoms with Gasteiger partial charge in [-0.1, -0.05) is 44.5 Å². The maximum atomic E-state index is 5.87. The Kier molecular flexibility index (Phi) is 5.48. The third-order valence-electron chi connectivity index (χ3n) is 2.82. The van der Waals surface area contributed by atoms with Crippen LogP contribution in [0.2, 0.25) is 5.02 Å². The van der Waals surface area contributed by atoms with E-state index in [0.717, 1.165) is 18.0 Å². The van der Waals surface area contributed by atoms with Crippen molar-refractivity contribution in [2.75, 3.05) is 6.54 Å². The van der Waals surface area contributed by atoms with Gasteiger partial charge < -0.3 is 5.32 Å². The zero-order chi connectivity index (χ0) is 12.9. The molecule has 0 spiro atoms. The fourth-order valence-electron chi connectivity index (χ4n) is 1.74. The molecule has 0 saturated heterocycles. The van der Waals surface area contributed by atoms with Gasteiger partial charge in [-0.25, -0.2) is 0 Å². The lowest BCUT2D eigenvalue weighted by Crippen LogP contribution is -2.30. The molecule has 2 heteroatoms. The van der Waals surface area contributed by atoms with E-state index in [4.69, 9.17) is 11.6 Å². The summed E-state index contributed by atoms with van der Waals surface area (Å²) in [4.78, 5) is 0. The van der Waals surface area contributed by atoms with Crippen molar-refractivity contribution in [3.8, 4) is 0 Å². The molecule has 0 saturated carbocycles. The summed E-state index contributed by atoms with van der Waals surface area (Å²) in [5.74, 6) is 0. The van der Waals surface area contributed by atoms with Crippen LogP contribution in [0.25, 0.3) is 0 Å². The molecule has 17 heavy (non-hydrogen) atoms. The van der Waals surface area contributed by atoms with Crippen LogP contribution in [-0.4, -0.2) is 12.6 Å². The fraction of sp³-hybridized carbons (Fsp3) is 0.600. The van der Waals surface area contributed by atoms with Crippen LogP contribution in [-0.2, 0) is 6.42 Å². The van der Waals surface area contributed by atoms with E-state index in [2.05, 4.69) is 45.1 Å². The van der Waals surface area contributed by atoms with Crippen LogP contribution in [0.1, 0.15) is 39.7 Å². The van der Waals surface area contributed by atoms with Gasteiger partial charge in [-0.2, -0.15) is 0 Å². The Hall–Kier alpha value is -0.530. The second kappa shape index (κ2) is 6.42. The molecule has 0 bridgehead atoms. The molecule has 0 radical (unpaired) electrons. The molecule has 0 heterocycles. The summed E-state index contributed by atoms with van der Waals surface area (Å²) in [6, 6.07) is 8.63. The smallest absolute Gasteiger partial charge is 0.0406 e. The third-order valence-corrected chi connectivity index (χ3v) is 3.07. The highest BCUT2D eigenvalue weighted by Crippen LogP contribution is 2.17. The van der Waals surface area contributed by atoms with Gasteiger partial charge in [0.2, 0.25) is 0 Å². The monoisotopic (exact) mass is 253 g/mol. The molecule has 0 amide bonds. The molecule has 0 aliphatic rings. The zero-order valence-electron chi connectivity index (χ0n) is 11.4. The standard InChI is InChI=1S/C15H24ClN/c1-12(17-10-9-15(2,3)4)11-13-5-7-14(16)8-6-13/h5-8,12,17H,9-11H2,1-4H3. The Morgan fingerprint density at radius 2 is 1.76 bits per heavy atom. The van der Waals surface area contributed by atoms with Gasteiger partial charge in [0.05, 0.1) is 0 Å². The molecular formula is C15H24ClN. The van der Waals surface area contributed by atoms with E-state index >= 15 is 0 Å². The van der Waals surface area contributed by atoms with Crippen LogP contribution < -0.4 is 5.32 Å². The first kappa shape index (κ1) is 14.5. The average Bonchev–Trinajstić information content (AvgIpc) is 2.19. The Balaban J connectivity index is 2.30. The van der Waals surface area contributed by atoms with Gasteiger partial charge in [0.15, 0.2) is 0 Å². The second-order valence-corrected chi connectivity index (χ2v) is 6.43. The van der Waals surface area contributed by atoms with Gasteiger partial charge in [0, 0.05) is 11.1 Å². The van der Waals surface area contributed by atoms with Crippen molar-refractivity contribution in [3.63, 3.8) is 0 Å². The second-order valence-electron chi connectivity index (χ2n) is 6.00. The quantitative estimate of drug-likeness (QED) is 0.825. The lowest BCUT2D eigenvalue weighted by Gasteiger charge is -2.20. The predicted octanol–water partition coefficient (Wildman–Crippen LogP) is 4.30. The minimum absolute atomic E-state index is 0.410. The van der Waals surface area contributed by atoms with E-state index in [1.165, 1.54) is 12.0 Å². The van der Waals surface area contributed by atoms with E-state index in [9.17, 15) is 0 Å². The first-order valence-corrected chi connectivity index (χ1v) is 6.72. The normalized spacial score (nSPS) is 13.7. The minimum atomic E-state index is 0.410. The van der Waals surface area contributed by atoms with Gasteiger partial charge in [-0.15, -0.1) is 0 Å². The van der Waals surface area contributed by atoms with Gasteiger partial charge in [-0.05, 0) is 49.4 Å². The predicted molar refractivity (Wildman–Crippen MR) is 76.7 cm³/mol. The maximum Gasteiger partial charge on any atom is 0.0406 e. The number of benzene rings is 1. The Morgan fingerprint density at radius 1 is 1.18 bits per heavy atom. The van der Waals surface area contributed by atoms with E-state index in [0.29, 0.717) is 11.5 Å². The number of nitrogens with one attached hydrogen (secondary N) is 1. The fourth-order valence-corrected chi connectivity index (χ4v) is 1.87. The van der Waals surface area contributed by atoms with Crippen LogP contribution in [0, 0.1) is 5.41 Å². The van der Waals surface area contributed by atoms with Crippen LogP contribution in [0.3, 0.4) is 0 Å². The van der Waals surface area contributed by atoms with Crippen LogP contribution >= 0.6 is 11.6 Å². The van der Waals surface area contributed by atoms with Crippen molar-refractivity contribution in [3.05, 3.63) is 34.9 Å². The molecule has 1 aromatic carbocycles. The summed E-state index contributed by atoms with van der Waals surface area (Å²) in [5.41, 5.74) is 1.75. The summed E-state index contributed by atoms with van der Waals surface area (Å²) in [6.07, 6.45) is 2.26. The summed E-state index contributed by atoms with van der Waals surface area (Å²) in [5, 5.41) is 4.38. The summed E-state index contributed by atoms with van der Waals surface area (Å²) >= 11 is 5.87. The highest BCUT2D eigenvalue weighted by molar-refractivity contribution is 6.30. The maximum absolute atomic E-state index is 5.87. The van der Waals surface area contributed by atoms with Crippen molar-refractivity contribution in [1.29, 1.82) is 0 Å². The molecule has 0 aliphatic carbocycles. The van der Waals surface area contributed by atoms with E-state index in [1.54, 1.807) is 0 Å². The molecule has 1 aromatic rings. The van der Waals surface area contributed by atoms with Gasteiger partial charge >= 0.3 is 0 Å². The van der Waals surface area contributed by atoms with Crippen molar-refractivity contribution in [1.82, 2.24) is 5.32 Å².